The van der Waals surface area contributed by atoms with Crippen LogP contribution in [0.1, 0.15) is 41.0 Å². The number of aromatic nitrogens is 1. The Hall–Kier alpha value is -2.11. The number of carbonyl (C=O) groups excluding carboxylic acids is 1. The summed E-state index contributed by atoms with van der Waals surface area (Å²) in [7, 11) is 2.11. The SMILES string of the molecule is CN1Cc2cc(NC(=O)c3ccc4c(c3)CCO4)cnc2C(C)(C)C1.Cl. The van der Waals surface area contributed by atoms with Crippen LogP contribution < -0.4 is 10.1 Å². The van der Waals surface area contributed by atoms with E-state index < -0.39 is 0 Å². The summed E-state index contributed by atoms with van der Waals surface area (Å²) in [4.78, 5) is 19.5. The Balaban J connectivity index is 0.00000196. The van der Waals surface area contributed by atoms with Gasteiger partial charge in [0.05, 0.1) is 24.2 Å². The first-order chi connectivity index (χ1) is 11.9. The molecule has 2 aromatic rings. The van der Waals surface area contributed by atoms with Crippen molar-refractivity contribution < 1.29 is 9.53 Å². The zero-order chi connectivity index (χ0) is 17.6. The summed E-state index contributed by atoms with van der Waals surface area (Å²) in [6.07, 6.45) is 2.62. The number of anilines is 1. The number of nitrogens with zero attached hydrogens (tertiary/aromatic N) is 2. The standard InChI is InChI=1S/C20H23N3O2.ClH/c1-20(2)12-23(3)11-15-9-16(10-21-18(15)20)22-19(24)14-4-5-17-13(8-14)6-7-25-17;/h4-5,8-10H,6-7,11-12H2,1-3H3,(H,22,24);1H. The topological polar surface area (TPSA) is 54.5 Å². The molecule has 3 heterocycles. The first-order valence-corrected chi connectivity index (χ1v) is 8.67. The van der Waals surface area contributed by atoms with Gasteiger partial charge in [0.25, 0.3) is 5.91 Å². The lowest BCUT2D eigenvalue weighted by atomic mass is 9.82. The quantitative estimate of drug-likeness (QED) is 0.876. The number of halogens is 1. The molecule has 0 spiro atoms. The van der Waals surface area contributed by atoms with Crippen LogP contribution >= 0.6 is 12.4 Å². The molecule has 1 N–H and O–H groups in total. The lowest BCUT2D eigenvalue weighted by Crippen LogP contribution is -2.40. The lowest BCUT2D eigenvalue weighted by molar-refractivity contribution is 0.102. The highest BCUT2D eigenvalue weighted by Crippen LogP contribution is 2.32. The number of amides is 1. The molecular weight excluding hydrogens is 350 g/mol. The Morgan fingerprint density at radius 1 is 1.27 bits per heavy atom. The van der Waals surface area contributed by atoms with E-state index in [4.69, 9.17) is 4.74 Å². The molecule has 138 valence electrons. The van der Waals surface area contributed by atoms with Gasteiger partial charge in [0, 0.05) is 30.5 Å². The normalized spacial score (nSPS) is 17.5. The second-order valence-electron chi connectivity index (χ2n) is 7.66. The summed E-state index contributed by atoms with van der Waals surface area (Å²) in [5.74, 6) is 0.775. The van der Waals surface area contributed by atoms with E-state index in [1.807, 2.05) is 24.3 Å². The molecule has 26 heavy (non-hydrogen) atoms. The van der Waals surface area contributed by atoms with Crippen LogP contribution in [0.4, 0.5) is 5.69 Å². The summed E-state index contributed by atoms with van der Waals surface area (Å²) in [5, 5.41) is 2.98. The molecule has 2 aliphatic heterocycles. The number of ether oxygens (including phenoxy) is 1. The van der Waals surface area contributed by atoms with E-state index >= 15 is 0 Å². The van der Waals surface area contributed by atoms with Crippen molar-refractivity contribution >= 4 is 24.0 Å². The van der Waals surface area contributed by atoms with Gasteiger partial charge in [0.15, 0.2) is 0 Å². The fraction of sp³-hybridized carbons (Fsp3) is 0.400. The molecule has 0 saturated heterocycles. The van der Waals surface area contributed by atoms with Crippen LogP contribution in [0, 0.1) is 0 Å². The van der Waals surface area contributed by atoms with Crippen LogP contribution in [0.2, 0.25) is 0 Å². The highest BCUT2D eigenvalue weighted by atomic mass is 35.5. The Morgan fingerprint density at radius 2 is 2.08 bits per heavy atom. The zero-order valence-corrected chi connectivity index (χ0v) is 16.2. The minimum Gasteiger partial charge on any atom is -0.493 e. The number of carbonyl (C=O) groups is 1. The molecule has 1 amide bonds. The summed E-state index contributed by atoms with van der Waals surface area (Å²) in [6, 6.07) is 7.65. The fourth-order valence-corrected chi connectivity index (χ4v) is 3.94. The molecule has 1 aromatic carbocycles. The summed E-state index contributed by atoms with van der Waals surface area (Å²) in [5.41, 5.74) is 4.81. The zero-order valence-electron chi connectivity index (χ0n) is 15.3. The van der Waals surface area contributed by atoms with Crippen LogP contribution in [0.3, 0.4) is 0 Å². The fourth-order valence-electron chi connectivity index (χ4n) is 3.94. The number of pyridine rings is 1. The summed E-state index contributed by atoms with van der Waals surface area (Å²) < 4.78 is 5.50. The molecule has 0 aliphatic carbocycles. The molecular formula is C20H24ClN3O2. The average molecular weight is 374 g/mol. The maximum Gasteiger partial charge on any atom is 0.255 e. The van der Waals surface area contributed by atoms with Crippen LogP contribution in [-0.4, -0.2) is 36.0 Å². The molecule has 6 heteroatoms. The minimum atomic E-state index is -0.111. The number of hydrogen-bond acceptors (Lipinski definition) is 4. The van der Waals surface area contributed by atoms with Crippen LogP contribution in [0.15, 0.2) is 30.5 Å². The highest BCUT2D eigenvalue weighted by Gasteiger charge is 2.31. The third kappa shape index (κ3) is 3.41. The largest absolute Gasteiger partial charge is 0.493 e. The van der Waals surface area contributed by atoms with Gasteiger partial charge in [0.1, 0.15) is 5.75 Å². The third-order valence-electron chi connectivity index (χ3n) is 4.92. The van der Waals surface area contributed by atoms with Gasteiger partial charge < -0.3 is 15.0 Å². The van der Waals surface area contributed by atoms with E-state index in [1.54, 1.807) is 6.20 Å². The predicted octanol–water partition coefficient (Wildman–Crippen LogP) is 3.41. The van der Waals surface area contributed by atoms with E-state index in [9.17, 15) is 4.79 Å². The van der Waals surface area contributed by atoms with Gasteiger partial charge in [-0.05, 0) is 42.4 Å². The molecule has 0 fully saturated rings. The number of likely N-dealkylation sites (N-methyl/N-ethyl adjacent to an activating group) is 1. The molecule has 0 saturated carbocycles. The van der Waals surface area contributed by atoms with E-state index in [2.05, 4.69) is 36.1 Å². The summed E-state index contributed by atoms with van der Waals surface area (Å²) in [6.45, 7) is 6.94. The first kappa shape index (κ1) is 18.7. The van der Waals surface area contributed by atoms with Gasteiger partial charge in [-0.15, -0.1) is 12.4 Å². The molecule has 2 aliphatic rings. The van der Waals surface area contributed by atoms with E-state index in [1.165, 1.54) is 5.56 Å². The first-order valence-electron chi connectivity index (χ1n) is 8.67. The molecule has 0 radical (unpaired) electrons. The van der Waals surface area contributed by atoms with Crippen molar-refractivity contribution in [1.82, 2.24) is 9.88 Å². The van der Waals surface area contributed by atoms with Crippen molar-refractivity contribution in [1.29, 1.82) is 0 Å². The Bertz CT molecular complexity index is 851. The smallest absolute Gasteiger partial charge is 0.255 e. The van der Waals surface area contributed by atoms with Crippen molar-refractivity contribution in [3.05, 3.63) is 52.8 Å². The van der Waals surface area contributed by atoms with Crippen molar-refractivity contribution in [2.24, 2.45) is 0 Å². The Morgan fingerprint density at radius 3 is 2.88 bits per heavy atom. The van der Waals surface area contributed by atoms with Crippen LogP contribution in [0.25, 0.3) is 0 Å². The third-order valence-corrected chi connectivity index (χ3v) is 4.92. The second kappa shape index (κ2) is 6.89. The van der Waals surface area contributed by atoms with E-state index in [0.717, 1.165) is 42.2 Å². The number of benzene rings is 1. The number of fused-ring (bicyclic) bond motifs is 2. The van der Waals surface area contributed by atoms with Gasteiger partial charge in [-0.2, -0.15) is 0 Å². The van der Waals surface area contributed by atoms with Gasteiger partial charge in [-0.1, -0.05) is 13.8 Å². The Kier molecular flexibility index (Phi) is 4.95. The van der Waals surface area contributed by atoms with Gasteiger partial charge in [0.2, 0.25) is 0 Å². The van der Waals surface area contributed by atoms with Crippen LogP contribution in [0.5, 0.6) is 5.75 Å². The van der Waals surface area contributed by atoms with Gasteiger partial charge >= 0.3 is 0 Å². The Labute approximate surface area is 160 Å². The van der Waals surface area contributed by atoms with Crippen molar-refractivity contribution in [3.8, 4) is 5.75 Å². The van der Waals surface area contributed by atoms with Gasteiger partial charge in [-0.25, -0.2) is 0 Å². The van der Waals surface area contributed by atoms with E-state index in [0.29, 0.717) is 12.2 Å². The molecule has 4 rings (SSSR count). The minimum absolute atomic E-state index is 0. The van der Waals surface area contributed by atoms with Crippen LogP contribution in [-0.2, 0) is 18.4 Å². The van der Waals surface area contributed by atoms with E-state index in [-0.39, 0.29) is 23.7 Å². The highest BCUT2D eigenvalue weighted by molar-refractivity contribution is 6.04. The number of nitrogens with one attached hydrogen (secondary N) is 1. The molecule has 5 nitrogen and oxygen atoms in total. The van der Waals surface area contributed by atoms with Crippen molar-refractivity contribution in [2.45, 2.75) is 32.2 Å². The molecule has 0 atom stereocenters. The second-order valence-corrected chi connectivity index (χ2v) is 7.66. The maximum absolute atomic E-state index is 12.6. The predicted molar refractivity (Wildman–Crippen MR) is 104 cm³/mol. The average Bonchev–Trinajstić information content (AvgIpc) is 3.01. The monoisotopic (exact) mass is 373 g/mol. The molecule has 0 unspecified atom stereocenters. The maximum atomic E-state index is 12.6. The molecule has 0 bridgehead atoms. The van der Waals surface area contributed by atoms with Gasteiger partial charge in [-0.3, -0.25) is 9.78 Å². The number of hydrogen-bond donors (Lipinski definition) is 1. The van der Waals surface area contributed by atoms with Crippen molar-refractivity contribution in [3.63, 3.8) is 0 Å². The number of rotatable bonds is 2. The lowest BCUT2D eigenvalue weighted by Gasteiger charge is -2.37. The van der Waals surface area contributed by atoms with Crippen molar-refractivity contribution in [2.75, 3.05) is 25.5 Å². The summed E-state index contributed by atoms with van der Waals surface area (Å²) >= 11 is 0. The molecule has 1 aromatic heterocycles.